The minimum Gasteiger partial charge on any atom is -0.483 e. The van der Waals surface area contributed by atoms with Crippen LogP contribution in [-0.4, -0.2) is 49.5 Å². The number of benzene rings is 2. The van der Waals surface area contributed by atoms with Crippen molar-refractivity contribution in [3.05, 3.63) is 69.0 Å². The third-order valence-corrected chi connectivity index (χ3v) is 7.82. The van der Waals surface area contributed by atoms with Gasteiger partial charge in [-0.15, -0.1) is 11.3 Å². The molecule has 1 aromatic heterocycles. The van der Waals surface area contributed by atoms with E-state index in [0.29, 0.717) is 5.56 Å². The first-order valence-electron chi connectivity index (χ1n) is 10.9. The largest absolute Gasteiger partial charge is 0.483 e. The number of hydrogen-bond acceptors (Lipinski definition) is 7. The Morgan fingerprint density at radius 1 is 1.25 bits per heavy atom. The second kappa shape index (κ2) is 12.4. The minimum atomic E-state index is -4.21. The van der Waals surface area contributed by atoms with Gasteiger partial charge in [-0.2, -0.15) is 0 Å². The molecule has 0 aliphatic carbocycles. The fraction of sp³-hybridized carbons (Fsp3) is 0.304. The van der Waals surface area contributed by atoms with Crippen LogP contribution in [0, 0.1) is 11.6 Å². The second-order valence-corrected chi connectivity index (χ2v) is 10.8. The monoisotopic (exact) mass is 558 g/mol. The van der Waals surface area contributed by atoms with Crippen LogP contribution in [0.5, 0.6) is 0 Å². The molecule has 1 fully saturated rings. The Balaban J connectivity index is 0.00000115. The lowest BCUT2D eigenvalue weighted by molar-refractivity contribution is -0.122. The summed E-state index contributed by atoms with van der Waals surface area (Å²) in [7, 11) is -4.21. The number of nitrogens with one attached hydrogen (secondary N) is 2. The number of nitrogens with zero attached hydrogens (tertiary/aromatic N) is 2. The molecule has 0 spiro atoms. The van der Waals surface area contributed by atoms with Crippen molar-refractivity contribution in [3.8, 4) is 0 Å². The number of anilines is 2. The Morgan fingerprint density at radius 2 is 1.97 bits per heavy atom. The zero-order valence-corrected chi connectivity index (χ0v) is 21.6. The van der Waals surface area contributed by atoms with E-state index in [9.17, 15) is 17.2 Å². The number of thiazole rings is 1. The molecule has 8 nitrogen and oxygen atoms in total. The van der Waals surface area contributed by atoms with Crippen molar-refractivity contribution < 1.29 is 27.1 Å². The lowest BCUT2D eigenvalue weighted by Gasteiger charge is -2.30. The van der Waals surface area contributed by atoms with E-state index >= 15 is 0 Å². The van der Waals surface area contributed by atoms with Gasteiger partial charge in [0.05, 0.1) is 22.3 Å². The maximum absolute atomic E-state index is 14.8. The summed E-state index contributed by atoms with van der Waals surface area (Å²) in [6, 6.07) is 6.50. The van der Waals surface area contributed by atoms with E-state index in [0.717, 1.165) is 43.8 Å². The van der Waals surface area contributed by atoms with Gasteiger partial charge >= 0.3 is 0 Å². The summed E-state index contributed by atoms with van der Waals surface area (Å²) in [5.74, 6) is -1.28. The van der Waals surface area contributed by atoms with Gasteiger partial charge < -0.3 is 15.3 Å². The SMILES string of the molecule is CC(Nc1cc(F)c(S(=O)(=O)Nc2cscn2)cc1Cl)c1cc(CCN2CCC2)ccc1F.O=CO. The van der Waals surface area contributed by atoms with Crippen molar-refractivity contribution in [2.24, 2.45) is 0 Å². The molecule has 1 atom stereocenters. The number of carbonyl (C=O) groups is 1. The van der Waals surface area contributed by atoms with Gasteiger partial charge in [0.2, 0.25) is 0 Å². The Morgan fingerprint density at radius 3 is 2.58 bits per heavy atom. The van der Waals surface area contributed by atoms with E-state index in [1.165, 1.54) is 34.7 Å². The number of likely N-dealkylation sites (tertiary alicyclic amines) is 1. The predicted molar refractivity (Wildman–Crippen MR) is 136 cm³/mol. The normalized spacial score (nSPS) is 14.2. The summed E-state index contributed by atoms with van der Waals surface area (Å²) in [6.07, 6.45) is 2.03. The van der Waals surface area contributed by atoms with Gasteiger partial charge in [0, 0.05) is 17.5 Å². The maximum atomic E-state index is 14.8. The quantitative estimate of drug-likeness (QED) is 0.317. The minimum absolute atomic E-state index is 0.00347. The molecule has 3 N–H and O–H groups in total. The molecule has 1 aliphatic rings. The van der Waals surface area contributed by atoms with Crippen molar-refractivity contribution in [3.63, 3.8) is 0 Å². The lowest BCUT2D eigenvalue weighted by atomic mass is 10.0. The van der Waals surface area contributed by atoms with Crippen LogP contribution in [-0.2, 0) is 21.2 Å². The first-order valence-corrected chi connectivity index (χ1v) is 13.7. The molecule has 0 radical (unpaired) electrons. The summed E-state index contributed by atoms with van der Waals surface area (Å²) in [5, 5.41) is 11.4. The van der Waals surface area contributed by atoms with Gasteiger partial charge in [0.15, 0.2) is 5.82 Å². The molecule has 36 heavy (non-hydrogen) atoms. The first-order chi connectivity index (χ1) is 17.1. The highest BCUT2D eigenvalue weighted by molar-refractivity contribution is 7.92. The second-order valence-electron chi connectivity index (χ2n) is 8.01. The van der Waals surface area contributed by atoms with Gasteiger partial charge in [-0.3, -0.25) is 9.52 Å². The average Bonchev–Trinajstić information content (AvgIpc) is 3.28. The van der Waals surface area contributed by atoms with E-state index in [1.54, 1.807) is 19.1 Å². The van der Waals surface area contributed by atoms with E-state index in [1.807, 2.05) is 0 Å². The molecule has 3 aromatic rings. The number of hydrogen-bond donors (Lipinski definition) is 3. The average molecular weight is 559 g/mol. The molecule has 2 aromatic carbocycles. The summed E-state index contributed by atoms with van der Waals surface area (Å²) in [4.78, 5) is 13.9. The Hall–Kier alpha value is -2.80. The number of rotatable bonds is 9. The molecule has 1 saturated heterocycles. The van der Waals surface area contributed by atoms with Crippen LogP contribution in [0.3, 0.4) is 0 Å². The van der Waals surface area contributed by atoms with Gasteiger partial charge in [-0.25, -0.2) is 22.2 Å². The smallest absolute Gasteiger partial charge is 0.290 e. The molecular weight excluding hydrogens is 534 g/mol. The maximum Gasteiger partial charge on any atom is 0.290 e. The molecule has 0 bridgehead atoms. The van der Waals surface area contributed by atoms with Gasteiger partial charge in [0.1, 0.15) is 16.5 Å². The van der Waals surface area contributed by atoms with Crippen LogP contribution in [0.1, 0.15) is 30.5 Å². The molecule has 2 heterocycles. The third kappa shape index (κ3) is 7.12. The highest BCUT2D eigenvalue weighted by atomic mass is 35.5. The Kier molecular flexibility index (Phi) is 9.60. The van der Waals surface area contributed by atoms with Crippen LogP contribution < -0.4 is 10.0 Å². The van der Waals surface area contributed by atoms with Gasteiger partial charge in [-0.05, 0) is 56.6 Å². The highest BCUT2D eigenvalue weighted by Gasteiger charge is 2.23. The van der Waals surface area contributed by atoms with E-state index in [4.69, 9.17) is 21.5 Å². The summed E-state index contributed by atoms with van der Waals surface area (Å²) in [5.41, 5.74) is 3.06. The van der Waals surface area contributed by atoms with Crippen molar-refractivity contribution in [1.29, 1.82) is 0 Å². The first kappa shape index (κ1) is 27.8. The van der Waals surface area contributed by atoms with Gasteiger partial charge in [-0.1, -0.05) is 23.7 Å². The fourth-order valence-electron chi connectivity index (χ4n) is 3.58. The number of carboxylic acid groups (broad SMARTS) is 1. The molecule has 1 unspecified atom stereocenters. The molecule has 4 rings (SSSR count). The molecule has 0 amide bonds. The molecule has 194 valence electrons. The third-order valence-electron chi connectivity index (χ3n) is 5.55. The van der Waals surface area contributed by atoms with Crippen molar-refractivity contribution in [2.45, 2.75) is 30.7 Å². The topological polar surface area (TPSA) is 112 Å². The van der Waals surface area contributed by atoms with Crippen LogP contribution in [0.2, 0.25) is 5.02 Å². The van der Waals surface area contributed by atoms with E-state index < -0.39 is 26.8 Å². The summed E-state index contributed by atoms with van der Waals surface area (Å²) in [6.45, 7) is 4.61. The molecule has 0 saturated carbocycles. The summed E-state index contributed by atoms with van der Waals surface area (Å²) >= 11 is 7.46. The zero-order valence-electron chi connectivity index (χ0n) is 19.2. The fourth-order valence-corrected chi connectivity index (χ4v) is 5.51. The van der Waals surface area contributed by atoms with Crippen molar-refractivity contribution in [2.75, 3.05) is 29.7 Å². The molecule has 1 aliphatic heterocycles. The Bertz CT molecular complexity index is 1290. The predicted octanol–water partition coefficient (Wildman–Crippen LogP) is 5.00. The summed E-state index contributed by atoms with van der Waals surface area (Å²) < 4.78 is 56.5. The van der Waals surface area contributed by atoms with Crippen LogP contribution >= 0.6 is 22.9 Å². The van der Waals surface area contributed by atoms with Crippen molar-refractivity contribution in [1.82, 2.24) is 9.88 Å². The van der Waals surface area contributed by atoms with E-state index in [2.05, 4.69) is 19.9 Å². The molecule has 13 heteroatoms. The standard InChI is InChI=1S/C22H23ClF2N4O2S2.CH2O2/c1-14(16-9-15(3-4-18(16)24)5-8-29-6-2-7-29)27-20-11-19(25)21(10-17(20)23)33(30,31)28-22-12-32-13-26-22;2-1-3/h3-4,9-14,27-28H,2,5-8H2,1H3;1H,(H,2,3). The van der Waals surface area contributed by atoms with Crippen LogP contribution in [0.25, 0.3) is 0 Å². The van der Waals surface area contributed by atoms with Gasteiger partial charge in [0.25, 0.3) is 16.5 Å². The van der Waals surface area contributed by atoms with Crippen LogP contribution in [0.15, 0.2) is 46.1 Å². The van der Waals surface area contributed by atoms with E-state index in [-0.39, 0.29) is 28.8 Å². The van der Waals surface area contributed by atoms with Crippen molar-refractivity contribution >= 4 is 50.9 Å². The zero-order chi connectivity index (χ0) is 26.3. The Labute approximate surface area is 217 Å². The number of halogens is 3. The number of sulfonamides is 1. The highest BCUT2D eigenvalue weighted by Crippen LogP contribution is 2.32. The van der Waals surface area contributed by atoms with Crippen LogP contribution in [0.4, 0.5) is 20.3 Å². The lowest BCUT2D eigenvalue weighted by Crippen LogP contribution is -2.38. The number of aromatic nitrogens is 1. The molecular formula is C23H25ClF2N4O4S2.